The first kappa shape index (κ1) is 10.7. The van der Waals surface area contributed by atoms with Gasteiger partial charge in [0.2, 0.25) is 0 Å². The van der Waals surface area contributed by atoms with Gasteiger partial charge in [-0.15, -0.1) is 0 Å². The number of aromatic amines is 1. The number of para-hydroxylation sites is 1. The number of rotatable bonds is 2. The molecule has 0 aliphatic heterocycles. The molecule has 2 aromatic rings. The number of benzene rings is 1. The lowest BCUT2D eigenvalue weighted by Crippen LogP contribution is -2.22. The Morgan fingerprint density at radius 3 is 2.88 bits per heavy atom. The van der Waals surface area contributed by atoms with Crippen molar-refractivity contribution in [2.75, 3.05) is 7.11 Å². The monoisotopic (exact) mass is 218 g/mol. The Labute approximate surface area is 93.4 Å². The summed E-state index contributed by atoms with van der Waals surface area (Å²) in [4.78, 5) is 14.5. The maximum absolute atomic E-state index is 11.3. The number of aryl methyl sites for hydroxylation is 1. The Hall–Kier alpha value is -1.81. The summed E-state index contributed by atoms with van der Waals surface area (Å²) in [5, 5.41) is 1.05. The lowest BCUT2D eigenvalue weighted by atomic mass is 10.1. The van der Waals surface area contributed by atoms with Crippen molar-refractivity contribution < 1.29 is 9.53 Å². The van der Waals surface area contributed by atoms with Crippen LogP contribution in [0.3, 0.4) is 0 Å². The van der Waals surface area contributed by atoms with Crippen molar-refractivity contribution in [1.82, 2.24) is 4.98 Å². The molecule has 0 aliphatic rings. The number of nitrogens with one attached hydrogen (secondary N) is 1. The number of H-pyrrole nitrogens is 1. The maximum atomic E-state index is 11.3. The van der Waals surface area contributed by atoms with Gasteiger partial charge >= 0.3 is 5.97 Å². The van der Waals surface area contributed by atoms with Crippen molar-refractivity contribution in [3.63, 3.8) is 0 Å². The number of aromatic nitrogens is 1. The van der Waals surface area contributed by atoms with Gasteiger partial charge in [0, 0.05) is 11.2 Å². The highest BCUT2D eigenvalue weighted by Gasteiger charge is 2.18. The zero-order chi connectivity index (χ0) is 11.7. The zero-order valence-corrected chi connectivity index (χ0v) is 9.28. The second-order valence-electron chi connectivity index (χ2n) is 3.76. The molecule has 0 radical (unpaired) electrons. The molecule has 84 valence electrons. The third-order valence-electron chi connectivity index (χ3n) is 2.68. The summed E-state index contributed by atoms with van der Waals surface area (Å²) in [6.07, 6.45) is 0. The van der Waals surface area contributed by atoms with E-state index in [1.54, 1.807) is 0 Å². The van der Waals surface area contributed by atoms with Gasteiger partial charge in [-0.05, 0) is 23.9 Å². The summed E-state index contributed by atoms with van der Waals surface area (Å²) >= 11 is 0. The number of hydrogen-bond acceptors (Lipinski definition) is 3. The molecule has 1 aromatic carbocycles. The van der Waals surface area contributed by atoms with Crippen LogP contribution in [0.25, 0.3) is 10.9 Å². The van der Waals surface area contributed by atoms with Crippen LogP contribution < -0.4 is 5.73 Å². The zero-order valence-electron chi connectivity index (χ0n) is 9.28. The van der Waals surface area contributed by atoms with Crippen LogP contribution in [0.15, 0.2) is 24.3 Å². The van der Waals surface area contributed by atoms with E-state index in [1.165, 1.54) is 7.11 Å². The molecule has 1 atom stereocenters. The first-order valence-corrected chi connectivity index (χ1v) is 5.05. The molecule has 0 saturated heterocycles. The van der Waals surface area contributed by atoms with Crippen molar-refractivity contribution in [3.05, 3.63) is 35.5 Å². The summed E-state index contributed by atoms with van der Waals surface area (Å²) in [5.41, 5.74) is 8.57. The summed E-state index contributed by atoms with van der Waals surface area (Å²) in [7, 11) is 1.33. The molecule has 1 aromatic heterocycles. The van der Waals surface area contributed by atoms with Crippen molar-refractivity contribution in [2.45, 2.75) is 13.0 Å². The van der Waals surface area contributed by atoms with Gasteiger partial charge in [-0.3, -0.25) is 0 Å². The van der Waals surface area contributed by atoms with Crippen molar-refractivity contribution >= 4 is 16.9 Å². The highest BCUT2D eigenvalue weighted by molar-refractivity contribution is 5.86. The smallest absolute Gasteiger partial charge is 0.328 e. The van der Waals surface area contributed by atoms with Gasteiger partial charge in [-0.2, -0.15) is 0 Å². The third-order valence-corrected chi connectivity index (χ3v) is 2.68. The van der Waals surface area contributed by atoms with E-state index < -0.39 is 12.0 Å². The van der Waals surface area contributed by atoms with Crippen molar-refractivity contribution in [2.24, 2.45) is 5.73 Å². The molecule has 1 heterocycles. The van der Waals surface area contributed by atoms with E-state index in [0.29, 0.717) is 5.69 Å². The van der Waals surface area contributed by atoms with Gasteiger partial charge in [0.15, 0.2) is 0 Å². The normalized spacial score (nSPS) is 12.7. The fraction of sp³-hybridized carbons (Fsp3) is 0.250. The van der Waals surface area contributed by atoms with Crippen molar-refractivity contribution in [1.29, 1.82) is 0 Å². The molecular weight excluding hydrogens is 204 g/mol. The third kappa shape index (κ3) is 1.67. The molecule has 1 unspecified atom stereocenters. The van der Waals surface area contributed by atoms with E-state index in [-0.39, 0.29) is 0 Å². The average Bonchev–Trinajstić information content (AvgIpc) is 2.72. The molecule has 3 N–H and O–H groups in total. The standard InChI is InChI=1S/C12H14N2O2/c1-7-4-3-5-8-6-9(14-11(7)8)10(13)12(15)16-2/h3-6,10,14H,13H2,1-2H3. The predicted molar refractivity (Wildman–Crippen MR) is 62.0 cm³/mol. The topological polar surface area (TPSA) is 68.1 Å². The van der Waals surface area contributed by atoms with Gasteiger partial charge in [0.25, 0.3) is 0 Å². The SMILES string of the molecule is COC(=O)C(N)c1cc2cccc(C)c2[nH]1. The number of ether oxygens (including phenoxy) is 1. The minimum absolute atomic E-state index is 0.441. The van der Waals surface area contributed by atoms with Gasteiger partial charge in [0.05, 0.1) is 7.11 Å². The van der Waals surface area contributed by atoms with Gasteiger partial charge < -0.3 is 15.5 Å². The minimum Gasteiger partial charge on any atom is -0.468 e. The number of esters is 1. The van der Waals surface area contributed by atoms with E-state index in [4.69, 9.17) is 5.73 Å². The first-order valence-electron chi connectivity index (χ1n) is 5.05. The molecule has 16 heavy (non-hydrogen) atoms. The van der Waals surface area contributed by atoms with E-state index >= 15 is 0 Å². The minimum atomic E-state index is -0.753. The quantitative estimate of drug-likeness (QED) is 0.753. The molecule has 0 spiro atoms. The molecule has 0 saturated carbocycles. The molecule has 2 rings (SSSR count). The van der Waals surface area contributed by atoms with Crippen LogP contribution in [0.5, 0.6) is 0 Å². The Morgan fingerprint density at radius 2 is 2.25 bits per heavy atom. The van der Waals surface area contributed by atoms with Gasteiger partial charge in [-0.1, -0.05) is 18.2 Å². The first-order chi connectivity index (χ1) is 7.63. The van der Waals surface area contributed by atoms with Crippen LogP contribution in [0.4, 0.5) is 0 Å². The van der Waals surface area contributed by atoms with Crippen LogP contribution in [0.2, 0.25) is 0 Å². The van der Waals surface area contributed by atoms with Crippen molar-refractivity contribution in [3.8, 4) is 0 Å². The second-order valence-corrected chi connectivity index (χ2v) is 3.76. The molecule has 4 heteroatoms. The highest BCUT2D eigenvalue weighted by Crippen LogP contribution is 2.22. The summed E-state index contributed by atoms with van der Waals surface area (Å²) in [5.74, 6) is -0.441. The lowest BCUT2D eigenvalue weighted by molar-refractivity contribution is -0.142. The van der Waals surface area contributed by atoms with E-state index in [2.05, 4.69) is 9.72 Å². The fourth-order valence-electron chi connectivity index (χ4n) is 1.75. The van der Waals surface area contributed by atoms with Crippen LogP contribution in [0.1, 0.15) is 17.3 Å². The fourth-order valence-corrected chi connectivity index (χ4v) is 1.75. The molecule has 0 aliphatic carbocycles. The highest BCUT2D eigenvalue weighted by atomic mass is 16.5. The number of carbonyl (C=O) groups is 1. The number of carbonyl (C=O) groups excluding carboxylic acids is 1. The molecule has 0 amide bonds. The Bertz CT molecular complexity index is 531. The number of methoxy groups -OCH3 is 1. The van der Waals surface area contributed by atoms with E-state index in [9.17, 15) is 4.79 Å². The second kappa shape index (κ2) is 3.98. The molecule has 4 nitrogen and oxygen atoms in total. The molecule has 0 fully saturated rings. The Kier molecular flexibility index (Phi) is 2.66. The van der Waals surface area contributed by atoms with Crippen LogP contribution in [-0.4, -0.2) is 18.1 Å². The predicted octanol–water partition coefficient (Wildman–Crippen LogP) is 1.65. The van der Waals surface area contributed by atoms with Crippen LogP contribution in [0, 0.1) is 6.92 Å². The number of fused-ring (bicyclic) bond motifs is 1. The van der Waals surface area contributed by atoms with E-state index in [0.717, 1.165) is 16.5 Å². The lowest BCUT2D eigenvalue weighted by Gasteiger charge is -2.06. The largest absolute Gasteiger partial charge is 0.468 e. The number of nitrogens with two attached hydrogens (primary N) is 1. The molecular formula is C12H14N2O2. The maximum Gasteiger partial charge on any atom is 0.328 e. The van der Waals surface area contributed by atoms with Gasteiger partial charge in [-0.25, -0.2) is 4.79 Å². The van der Waals surface area contributed by atoms with Crippen LogP contribution >= 0.6 is 0 Å². The summed E-state index contributed by atoms with van der Waals surface area (Å²) in [6, 6.07) is 7.08. The summed E-state index contributed by atoms with van der Waals surface area (Å²) < 4.78 is 4.61. The summed E-state index contributed by atoms with van der Waals surface area (Å²) in [6.45, 7) is 2.01. The van der Waals surface area contributed by atoms with Gasteiger partial charge in [0.1, 0.15) is 6.04 Å². The number of hydrogen-bond donors (Lipinski definition) is 2. The van der Waals surface area contributed by atoms with Crippen LogP contribution in [-0.2, 0) is 9.53 Å². The average molecular weight is 218 g/mol. The Balaban J connectivity index is 2.47. The Morgan fingerprint density at radius 1 is 1.50 bits per heavy atom. The van der Waals surface area contributed by atoms with E-state index in [1.807, 2.05) is 31.2 Å². The molecule has 0 bridgehead atoms.